The zero-order valence-electron chi connectivity index (χ0n) is 16.9. The fraction of sp³-hybridized carbons (Fsp3) is 0.458. The third kappa shape index (κ3) is 3.93. The molecule has 0 saturated carbocycles. The number of amides is 1. The SMILES string of the molecule is CN(C)C(=O)Oc1cccc2c1CCC1C2CCN1CCCc1ccccc1. The van der Waals surface area contributed by atoms with Crippen LogP contribution >= 0.6 is 0 Å². The average molecular weight is 379 g/mol. The summed E-state index contributed by atoms with van der Waals surface area (Å²) >= 11 is 0. The summed E-state index contributed by atoms with van der Waals surface area (Å²) in [5, 5.41) is 0. The summed E-state index contributed by atoms with van der Waals surface area (Å²) in [4.78, 5) is 16.2. The van der Waals surface area contributed by atoms with Gasteiger partial charge in [0, 0.05) is 26.1 Å². The lowest BCUT2D eigenvalue weighted by Gasteiger charge is -2.34. The van der Waals surface area contributed by atoms with Crippen LogP contribution < -0.4 is 4.74 Å². The highest BCUT2D eigenvalue weighted by atomic mass is 16.6. The molecule has 2 unspecified atom stereocenters. The molecule has 2 aromatic rings. The maximum Gasteiger partial charge on any atom is 0.414 e. The first-order chi connectivity index (χ1) is 13.6. The first-order valence-corrected chi connectivity index (χ1v) is 10.4. The number of benzene rings is 2. The van der Waals surface area contributed by atoms with Crippen molar-refractivity contribution in [3.63, 3.8) is 0 Å². The summed E-state index contributed by atoms with van der Waals surface area (Å²) < 4.78 is 5.64. The van der Waals surface area contributed by atoms with Gasteiger partial charge < -0.3 is 9.64 Å². The molecule has 0 N–H and O–H groups in total. The van der Waals surface area contributed by atoms with Crippen molar-refractivity contribution in [3.8, 4) is 5.75 Å². The Labute approximate surface area is 168 Å². The second-order valence-corrected chi connectivity index (χ2v) is 8.21. The number of carbonyl (C=O) groups excluding carboxylic acids is 1. The predicted molar refractivity (Wildman–Crippen MR) is 112 cm³/mol. The zero-order valence-corrected chi connectivity index (χ0v) is 16.9. The minimum Gasteiger partial charge on any atom is -0.410 e. The molecule has 1 aliphatic carbocycles. The molecule has 0 bridgehead atoms. The van der Waals surface area contributed by atoms with Gasteiger partial charge in [-0.1, -0.05) is 42.5 Å². The van der Waals surface area contributed by atoms with Crippen molar-refractivity contribution >= 4 is 6.09 Å². The molecule has 1 aliphatic heterocycles. The Hall–Kier alpha value is -2.33. The number of rotatable bonds is 5. The Balaban J connectivity index is 1.41. The quantitative estimate of drug-likeness (QED) is 0.769. The van der Waals surface area contributed by atoms with Gasteiger partial charge in [-0.05, 0) is 68.0 Å². The van der Waals surface area contributed by atoms with Crippen LogP contribution in [-0.4, -0.2) is 49.1 Å². The summed E-state index contributed by atoms with van der Waals surface area (Å²) in [6.45, 7) is 2.34. The molecule has 1 heterocycles. The van der Waals surface area contributed by atoms with E-state index in [0.717, 1.165) is 25.0 Å². The highest BCUT2D eigenvalue weighted by molar-refractivity contribution is 5.70. The largest absolute Gasteiger partial charge is 0.414 e. The van der Waals surface area contributed by atoms with E-state index in [1.807, 2.05) is 12.1 Å². The summed E-state index contributed by atoms with van der Waals surface area (Å²) in [5.41, 5.74) is 4.07. The molecule has 0 spiro atoms. The average Bonchev–Trinajstić information content (AvgIpc) is 3.12. The Morgan fingerprint density at radius 2 is 1.93 bits per heavy atom. The topological polar surface area (TPSA) is 32.8 Å². The lowest BCUT2D eigenvalue weighted by atomic mass is 9.79. The van der Waals surface area contributed by atoms with Crippen LogP contribution in [0.15, 0.2) is 48.5 Å². The number of ether oxygens (including phenoxy) is 1. The van der Waals surface area contributed by atoms with Crippen molar-refractivity contribution in [2.45, 2.75) is 44.1 Å². The molecular weight excluding hydrogens is 348 g/mol. The van der Waals surface area contributed by atoms with Gasteiger partial charge in [0.05, 0.1) is 0 Å². The van der Waals surface area contributed by atoms with Crippen LogP contribution in [0.1, 0.15) is 41.9 Å². The van der Waals surface area contributed by atoms with E-state index in [2.05, 4.69) is 41.3 Å². The Bertz CT molecular complexity index is 819. The van der Waals surface area contributed by atoms with Crippen LogP contribution in [0.2, 0.25) is 0 Å². The van der Waals surface area contributed by atoms with Crippen molar-refractivity contribution < 1.29 is 9.53 Å². The molecule has 4 heteroatoms. The lowest BCUT2D eigenvalue weighted by molar-refractivity contribution is 0.170. The number of nitrogens with zero attached hydrogens (tertiary/aromatic N) is 2. The second-order valence-electron chi connectivity index (χ2n) is 8.21. The standard InChI is InChI=1S/C24H30N2O2/c1-25(2)24(27)28-23-12-6-11-19-20-15-17-26(22(20)14-13-21(19)23)16-7-10-18-8-4-3-5-9-18/h3-6,8-9,11-12,20,22H,7,10,13-17H2,1-2H3. The molecule has 2 aromatic carbocycles. The molecule has 2 atom stereocenters. The number of hydrogen-bond donors (Lipinski definition) is 0. The van der Waals surface area contributed by atoms with E-state index >= 15 is 0 Å². The molecule has 1 amide bonds. The molecule has 0 radical (unpaired) electrons. The van der Waals surface area contributed by atoms with Crippen LogP contribution in [0.4, 0.5) is 4.79 Å². The minimum absolute atomic E-state index is 0.301. The van der Waals surface area contributed by atoms with Gasteiger partial charge in [-0.15, -0.1) is 0 Å². The summed E-state index contributed by atoms with van der Waals surface area (Å²) in [7, 11) is 3.44. The van der Waals surface area contributed by atoms with Gasteiger partial charge in [0.25, 0.3) is 0 Å². The van der Waals surface area contributed by atoms with Gasteiger partial charge in [0.15, 0.2) is 0 Å². The highest BCUT2D eigenvalue weighted by Crippen LogP contribution is 2.44. The smallest absolute Gasteiger partial charge is 0.410 e. The molecule has 2 aliphatic rings. The number of hydrogen-bond acceptors (Lipinski definition) is 3. The molecule has 1 fully saturated rings. The van der Waals surface area contributed by atoms with Crippen LogP contribution in [0.25, 0.3) is 0 Å². The van der Waals surface area contributed by atoms with Gasteiger partial charge in [0.1, 0.15) is 5.75 Å². The van der Waals surface area contributed by atoms with Crippen LogP contribution in [0, 0.1) is 0 Å². The normalized spacial score (nSPS) is 21.1. The van der Waals surface area contributed by atoms with Crippen molar-refractivity contribution in [3.05, 3.63) is 65.2 Å². The van der Waals surface area contributed by atoms with E-state index in [1.165, 1.54) is 47.5 Å². The third-order valence-electron chi connectivity index (χ3n) is 6.24. The van der Waals surface area contributed by atoms with Crippen LogP contribution in [0.3, 0.4) is 0 Å². The van der Waals surface area contributed by atoms with E-state index in [0.29, 0.717) is 12.0 Å². The molecular formula is C24H30N2O2. The highest BCUT2D eigenvalue weighted by Gasteiger charge is 2.39. The van der Waals surface area contributed by atoms with Crippen molar-refractivity contribution in [2.75, 3.05) is 27.2 Å². The lowest BCUT2D eigenvalue weighted by Crippen LogP contribution is -2.36. The molecule has 4 rings (SSSR count). The van der Waals surface area contributed by atoms with Gasteiger partial charge in [-0.3, -0.25) is 4.90 Å². The van der Waals surface area contributed by atoms with Gasteiger partial charge in [-0.2, -0.15) is 0 Å². The molecule has 148 valence electrons. The van der Waals surface area contributed by atoms with E-state index in [-0.39, 0.29) is 6.09 Å². The number of carbonyl (C=O) groups is 1. The van der Waals surface area contributed by atoms with Crippen molar-refractivity contribution in [1.29, 1.82) is 0 Å². The Morgan fingerprint density at radius 1 is 1.11 bits per heavy atom. The maximum absolute atomic E-state index is 12.0. The zero-order chi connectivity index (χ0) is 19.5. The fourth-order valence-electron chi connectivity index (χ4n) is 4.84. The van der Waals surface area contributed by atoms with E-state index in [4.69, 9.17) is 4.74 Å². The predicted octanol–water partition coefficient (Wildman–Crippen LogP) is 4.48. The van der Waals surface area contributed by atoms with E-state index in [1.54, 1.807) is 14.1 Å². The molecule has 4 nitrogen and oxygen atoms in total. The molecule has 1 saturated heterocycles. The number of fused-ring (bicyclic) bond motifs is 3. The monoisotopic (exact) mass is 378 g/mol. The van der Waals surface area contributed by atoms with Crippen molar-refractivity contribution in [1.82, 2.24) is 9.80 Å². The molecule has 28 heavy (non-hydrogen) atoms. The fourth-order valence-corrected chi connectivity index (χ4v) is 4.84. The van der Waals surface area contributed by atoms with Gasteiger partial charge in [-0.25, -0.2) is 4.79 Å². The first-order valence-electron chi connectivity index (χ1n) is 10.4. The van der Waals surface area contributed by atoms with Crippen LogP contribution in [-0.2, 0) is 12.8 Å². The molecule has 0 aromatic heterocycles. The Kier molecular flexibility index (Phi) is 5.67. The summed E-state index contributed by atoms with van der Waals surface area (Å²) in [5.74, 6) is 1.32. The van der Waals surface area contributed by atoms with E-state index in [9.17, 15) is 4.79 Å². The summed E-state index contributed by atoms with van der Waals surface area (Å²) in [6.07, 6.45) is 5.40. The van der Waals surface area contributed by atoms with Gasteiger partial charge >= 0.3 is 6.09 Å². The van der Waals surface area contributed by atoms with Gasteiger partial charge in [0.2, 0.25) is 0 Å². The first kappa shape index (κ1) is 19.0. The third-order valence-corrected chi connectivity index (χ3v) is 6.24. The second kappa shape index (κ2) is 8.36. The minimum atomic E-state index is -0.301. The number of likely N-dealkylation sites (tertiary alicyclic amines) is 1. The number of aryl methyl sites for hydroxylation is 1. The Morgan fingerprint density at radius 3 is 2.71 bits per heavy atom. The maximum atomic E-state index is 12.0. The van der Waals surface area contributed by atoms with E-state index < -0.39 is 0 Å². The summed E-state index contributed by atoms with van der Waals surface area (Å²) in [6, 6.07) is 17.6. The van der Waals surface area contributed by atoms with Crippen LogP contribution in [0.5, 0.6) is 5.75 Å². The van der Waals surface area contributed by atoms with Crippen molar-refractivity contribution in [2.24, 2.45) is 0 Å².